The van der Waals surface area contributed by atoms with Crippen molar-refractivity contribution in [1.82, 2.24) is 0 Å². The van der Waals surface area contributed by atoms with E-state index in [1.807, 2.05) is 0 Å². The molecule has 100 valence electrons. The predicted molar refractivity (Wildman–Crippen MR) is 65.9 cm³/mol. The number of ether oxygens (including phenoxy) is 1. The molecule has 0 heterocycles. The van der Waals surface area contributed by atoms with E-state index in [4.69, 9.17) is 4.74 Å². The van der Waals surface area contributed by atoms with Crippen molar-refractivity contribution >= 4 is 12.4 Å². The van der Waals surface area contributed by atoms with E-state index < -0.39 is 12.4 Å². The average molecular weight is 308 g/mol. The van der Waals surface area contributed by atoms with Crippen LogP contribution in [0.25, 0.3) is 0 Å². The molecule has 2 rings (SSSR count). The SMILES string of the molecule is Fc1ccc(COc2cccc([B-](F)(F)F)c2)cc1.[K+]. The zero-order valence-corrected chi connectivity index (χ0v) is 13.9. The van der Waals surface area contributed by atoms with E-state index in [1.165, 1.54) is 36.4 Å². The summed E-state index contributed by atoms with van der Waals surface area (Å²) in [5.41, 5.74) is -0.0130. The van der Waals surface area contributed by atoms with Crippen molar-refractivity contribution in [1.29, 1.82) is 0 Å². The molecule has 2 aromatic carbocycles. The molecule has 7 heteroatoms. The smallest absolute Gasteiger partial charge is 0.489 e. The minimum atomic E-state index is -5.03. The fourth-order valence-corrected chi connectivity index (χ4v) is 1.56. The summed E-state index contributed by atoms with van der Waals surface area (Å²) < 4.78 is 55.5. The maximum atomic E-state index is 12.7. The zero-order valence-electron chi connectivity index (χ0n) is 10.8. The summed E-state index contributed by atoms with van der Waals surface area (Å²) in [6, 6.07) is 10.3. The summed E-state index contributed by atoms with van der Waals surface area (Å²) in [5.74, 6) is -0.230. The van der Waals surface area contributed by atoms with Crippen molar-refractivity contribution in [2.75, 3.05) is 0 Å². The van der Waals surface area contributed by atoms with E-state index in [0.717, 1.165) is 12.1 Å². The number of hydrogen-bond acceptors (Lipinski definition) is 1. The molecule has 0 bridgehead atoms. The number of benzene rings is 2. The Balaban J connectivity index is 0.00000200. The Kier molecular flexibility index (Phi) is 6.74. The molecule has 0 radical (unpaired) electrons. The first-order valence-corrected chi connectivity index (χ1v) is 5.62. The van der Waals surface area contributed by atoms with Crippen LogP contribution in [-0.4, -0.2) is 6.98 Å². The van der Waals surface area contributed by atoms with E-state index in [0.29, 0.717) is 5.56 Å². The van der Waals surface area contributed by atoms with Crippen molar-refractivity contribution in [3.63, 3.8) is 0 Å². The molecule has 20 heavy (non-hydrogen) atoms. The van der Waals surface area contributed by atoms with Gasteiger partial charge in [-0.25, -0.2) is 4.39 Å². The Hall–Kier alpha value is -0.339. The molecular weight excluding hydrogens is 298 g/mol. The first kappa shape index (κ1) is 17.7. The molecule has 0 atom stereocenters. The monoisotopic (exact) mass is 308 g/mol. The number of rotatable bonds is 4. The molecule has 0 aliphatic rings. The second-order valence-electron chi connectivity index (χ2n) is 4.06. The van der Waals surface area contributed by atoms with Crippen molar-refractivity contribution in [3.8, 4) is 5.75 Å². The van der Waals surface area contributed by atoms with Crippen LogP contribution < -0.4 is 61.6 Å². The Labute approximate surface area is 156 Å². The van der Waals surface area contributed by atoms with E-state index in [1.54, 1.807) is 0 Å². The van der Waals surface area contributed by atoms with Crippen molar-refractivity contribution in [3.05, 3.63) is 59.9 Å². The van der Waals surface area contributed by atoms with Gasteiger partial charge in [0.2, 0.25) is 0 Å². The van der Waals surface area contributed by atoms with E-state index in [2.05, 4.69) is 0 Å². The molecule has 0 aliphatic carbocycles. The van der Waals surface area contributed by atoms with Gasteiger partial charge in [-0.1, -0.05) is 24.3 Å². The molecule has 0 fully saturated rings. The van der Waals surface area contributed by atoms with Gasteiger partial charge in [0.25, 0.3) is 0 Å². The van der Waals surface area contributed by atoms with Crippen LogP contribution in [0.3, 0.4) is 0 Å². The summed E-state index contributed by atoms with van der Waals surface area (Å²) in [7, 11) is 0. The van der Waals surface area contributed by atoms with Gasteiger partial charge in [0.15, 0.2) is 0 Å². The molecule has 0 aromatic heterocycles. The van der Waals surface area contributed by atoms with E-state index in [9.17, 15) is 17.3 Å². The van der Waals surface area contributed by atoms with Crippen molar-refractivity contribution < 1.29 is 73.5 Å². The van der Waals surface area contributed by atoms with Crippen LogP contribution in [0.15, 0.2) is 48.5 Å². The third kappa shape index (κ3) is 5.22. The fraction of sp³-hybridized carbons (Fsp3) is 0.0769. The van der Waals surface area contributed by atoms with Crippen LogP contribution in [-0.2, 0) is 6.61 Å². The van der Waals surface area contributed by atoms with Crippen LogP contribution in [0.1, 0.15) is 5.56 Å². The standard InChI is InChI=1S/C13H10BF4O.K/c15-12-6-4-10(5-7-12)9-19-13-3-1-2-11(8-13)14(16,17)18;/h1-8H,9H2;/q-1;+1. The van der Waals surface area contributed by atoms with Gasteiger partial charge in [-0.05, 0) is 29.8 Å². The van der Waals surface area contributed by atoms with E-state index >= 15 is 0 Å². The minimum absolute atomic E-state index is 0. The fourth-order valence-electron chi connectivity index (χ4n) is 1.56. The van der Waals surface area contributed by atoms with Crippen LogP contribution >= 0.6 is 0 Å². The van der Waals surface area contributed by atoms with Gasteiger partial charge in [-0.15, -0.1) is 5.46 Å². The molecule has 0 N–H and O–H groups in total. The average Bonchev–Trinajstić information content (AvgIpc) is 2.37. The molecule has 2 aromatic rings. The Morgan fingerprint density at radius 1 is 0.950 bits per heavy atom. The van der Waals surface area contributed by atoms with Gasteiger partial charge >= 0.3 is 58.4 Å². The summed E-state index contributed by atoms with van der Waals surface area (Å²) in [6.45, 7) is -4.94. The van der Waals surface area contributed by atoms with Crippen LogP contribution in [0.5, 0.6) is 5.75 Å². The summed E-state index contributed by atoms with van der Waals surface area (Å²) in [6.07, 6.45) is 0. The third-order valence-corrected chi connectivity index (χ3v) is 2.55. The van der Waals surface area contributed by atoms with Crippen molar-refractivity contribution in [2.45, 2.75) is 6.61 Å². The van der Waals surface area contributed by atoms with Crippen LogP contribution in [0, 0.1) is 5.82 Å². The first-order valence-electron chi connectivity index (χ1n) is 5.62. The van der Waals surface area contributed by atoms with Gasteiger partial charge in [0.1, 0.15) is 18.2 Å². The van der Waals surface area contributed by atoms with Gasteiger partial charge < -0.3 is 17.7 Å². The second-order valence-corrected chi connectivity index (χ2v) is 4.06. The summed E-state index contributed by atoms with van der Waals surface area (Å²) >= 11 is 0. The molecule has 0 unspecified atom stereocenters. The van der Waals surface area contributed by atoms with Gasteiger partial charge in [-0.3, -0.25) is 0 Å². The van der Waals surface area contributed by atoms with Gasteiger partial charge in [0.05, 0.1) is 0 Å². The topological polar surface area (TPSA) is 9.23 Å². The zero-order chi connectivity index (χ0) is 13.9. The predicted octanol–water partition coefficient (Wildman–Crippen LogP) is 0.463. The Morgan fingerprint density at radius 3 is 2.20 bits per heavy atom. The molecule has 1 nitrogen and oxygen atoms in total. The van der Waals surface area contributed by atoms with Crippen LogP contribution in [0.2, 0.25) is 0 Å². The molecular formula is C13H10BF4KO. The largest absolute Gasteiger partial charge is 1.00 e. The molecule has 0 aliphatic heterocycles. The quantitative estimate of drug-likeness (QED) is 0.589. The first-order chi connectivity index (χ1) is 8.95. The third-order valence-electron chi connectivity index (χ3n) is 2.55. The van der Waals surface area contributed by atoms with Crippen LogP contribution in [0.4, 0.5) is 17.3 Å². The number of halogens is 4. The molecule has 0 saturated heterocycles. The maximum Gasteiger partial charge on any atom is 1.00 e. The Bertz CT molecular complexity index is 557. The normalized spacial score (nSPS) is 10.8. The molecule has 0 amide bonds. The second kappa shape index (κ2) is 7.61. The van der Waals surface area contributed by atoms with Gasteiger partial charge in [0, 0.05) is 0 Å². The molecule has 0 spiro atoms. The number of hydrogen-bond donors (Lipinski definition) is 0. The minimum Gasteiger partial charge on any atom is -0.489 e. The maximum absolute atomic E-state index is 12.7. The Morgan fingerprint density at radius 2 is 1.60 bits per heavy atom. The van der Waals surface area contributed by atoms with Gasteiger partial charge in [-0.2, -0.15) is 0 Å². The van der Waals surface area contributed by atoms with E-state index in [-0.39, 0.29) is 69.6 Å². The molecule has 0 saturated carbocycles. The summed E-state index contributed by atoms with van der Waals surface area (Å²) in [4.78, 5) is 0. The van der Waals surface area contributed by atoms with Crippen molar-refractivity contribution in [2.24, 2.45) is 0 Å². The summed E-state index contributed by atoms with van der Waals surface area (Å²) in [5, 5.41) is 0.